The monoisotopic (exact) mass is 365 g/mol. The molecule has 1 amide bonds. The van der Waals surface area contributed by atoms with E-state index in [1.54, 1.807) is 19.1 Å². The summed E-state index contributed by atoms with van der Waals surface area (Å²) >= 11 is 0. The smallest absolute Gasteiger partial charge is 0.341 e. The molecule has 0 saturated carbocycles. The Morgan fingerprint density at radius 1 is 1.08 bits per heavy atom. The highest BCUT2D eigenvalue weighted by Crippen LogP contribution is 2.26. The van der Waals surface area contributed by atoms with Gasteiger partial charge in [0, 0.05) is 16.6 Å². The summed E-state index contributed by atoms with van der Waals surface area (Å²) in [5.41, 5.74) is 1.51. The molecule has 1 heterocycles. The van der Waals surface area contributed by atoms with Crippen LogP contribution in [-0.2, 0) is 9.84 Å². The van der Waals surface area contributed by atoms with Gasteiger partial charge in [-0.1, -0.05) is 18.2 Å². The summed E-state index contributed by atoms with van der Waals surface area (Å²) in [6.45, 7) is 1.75. The maximum atomic E-state index is 12.5. The summed E-state index contributed by atoms with van der Waals surface area (Å²) in [6, 6.07) is 11.7. The lowest BCUT2D eigenvalue weighted by Gasteiger charge is -2.06. The number of halogens is 2. The number of fused-ring (bicyclic) bond motifs is 1. The number of nitrogens with one attached hydrogen (secondary N) is 1. The van der Waals surface area contributed by atoms with Crippen molar-refractivity contribution in [2.75, 3.05) is 5.32 Å². The number of amides is 1. The van der Waals surface area contributed by atoms with Gasteiger partial charge in [0.15, 0.2) is 5.76 Å². The Labute approximate surface area is 142 Å². The number of furan rings is 1. The minimum Gasteiger partial charge on any atom is -0.451 e. The number of benzene rings is 2. The Morgan fingerprint density at radius 2 is 1.72 bits per heavy atom. The van der Waals surface area contributed by atoms with E-state index < -0.39 is 26.4 Å². The fourth-order valence-corrected chi connectivity index (χ4v) is 3.13. The molecule has 0 atom stereocenters. The van der Waals surface area contributed by atoms with Crippen molar-refractivity contribution in [3.8, 4) is 0 Å². The first-order valence-electron chi connectivity index (χ1n) is 7.22. The van der Waals surface area contributed by atoms with Gasteiger partial charge in [-0.15, -0.1) is 0 Å². The van der Waals surface area contributed by atoms with E-state index >= 15 is 0 Å². The summed E-state index contributed by atoms with van der Waals surface area (Å²) in [6.07, 6.45) is 0. The number of aryl methyl sites for hydroxylation is 1. The fourth-order valence-electron chi connectivity index (χ4n) is 2.41. The van der Waals surface area contributed by atoms with Crippen molar-refractivity contribution in [2.24, 2.45) is 0 Å². The molecule has 8 heteroatoms. The zero-order valence-corrected chi connectivity index (χ0v) is 13.8. The summed E-state index contributed by atoms with van der Waals surface area (Å²) in [7, 11) is -4.66. The van der Waals surface area contributed by atoms with Gasteiger partial charge in [-0.3, -0.25) is 4.79 Å². The number of rotatable bonds is 4. The summed E-state index contributed by atoms with van der Waals surface area (Å²) in [4.78, 5) is 11.8. The van der Waals surface area contributed by atoms with Gasteiger partial charge in [0.1, 0.15) is 5.58 Å². The van der Waals surface area contributed by atoms with Crippen LogP contribution in [0.3, 0.4) is 0 Å². The maximum absolute atomic E-state index is 12.5. The zero-order valence-electron chi connectivity index (χ0n) is 13.0. The van der Waals surface area contributed by atoms with E-state index in [9.17, 15) is 22.0 Å². The second-order valence-corrected chi connectivity index (χ2v) is 7.25. The number of hydrogen-bond acceptors (Lipinski definition) is 4. The summed E-state index contributed by atoms with van der Waals surface area (Å²) in [5.74, 6) is -3.88. The average Bonchev–Trinajstić information content (AvgIpc) is 2.93. The fraction of sp³-hybridized carbons (Fsp3) is 0.118. The van der Waals surface area contributed by atoms with E-state index in [4.69, 9.17) is 4.42 Å². The van der Waals surface area contributed by atoms with Gasteiger partial charge in [-0.2, -0.15) is 8.78 Å². The molecule has 0 aliphatic heterocycles. The lowest BCUT2D eigenvalue weighted by molar-refractivity contribution is 0.0998. The van der Waals surface area contributed by atoms with Crippen molar-refractivity contribution in [3.05, 3.63) is 59.9 Å². The number of hydrogen-bond donors (Lipinski definition) is 1. The molecule has 25 heavy (non-hydrogen) atoms. The van der Waals surface area contributed by atoms with E-state index in [0.717, 1.165) is 17.5 Å². The van der Waals surface area contributed by atoms with Gasteiger partial charge in [0.25, 0.3) is 5.91 Å². The molecule has 2 aromatic carbocycles. The van der Waals surface area contributed by atoms with Crippen LogP contribution in [-0.4, -0.2) is 20.1 Å². The molecule has 0 spiro atoms. The Morgan fingerprint density at radius 3 is 2.32 bits per heavy atom. The minimum absolute atomic E-state index is 0.130. The van der Waals surface area contributed by atoms with Crippen LogP contribution in [0, 0.1) is 6.92 Å². The Hall–Kier alpha value is -2.74. The molecule has 0 bridgehead atoms. The molecular weight excluding hydrogens is 352 g/mol. The van der Waals surface area contributed by atoms with E-state index in [0.29, 0.717) is 11.1 Å². The predicted octanol–water partition coefficient (Wildman–Crippen LogP) is 3.99. The number of carbonyl (C=O) groups is 1. The SMILES string of the molecule is Cc1c(C(=O)Nc2ccc(S(=O)(=O)C(F)F)cc2)oc2ccccc12. The molecule has 1 aromatic heterocycles. The quantitative estimate of drug-likeness (QED) is 0.758. The van der Waals surface area contributed by atoms with Crippen LogP contribution in [0.2, 0.25) is 0 Å². The Bertz CT molecular complexity index is 1040. The highest BCUT2D eigenvalue weighted by Gasteiger charge is 2.26. The van der Waals surface area contributed by atoms with Gasteiger partial charge in [-0.05, 0) is 37.3 Å². The average molecular weight is 365 g/mol. The molecule has 0 fully saturated rings. The number of alkyl halides is 2. The van der Waals surface area contributed by atoms with Gasteiger partial charge >= 0.3 is 5.76 Å². The van der Waals surface area contributed by atoms with Crippen LogP contribution in [0.4, 0.5) is 14.5 Å². The summed E-state index contributed by atoms with van der Waals surface area (Å²) < 4.78 is 53.3. The minimum atomic E-state index is -4.66. The molecule has 0 aliphatic carbocycles. The highest BCUT2D eigenvalue weighted by molar-refractivity contribution is 7.91. The van der Waals surface area contributed by atoms with Crippen molar-refractivity contribution in [1.82, 2.24) is 0 Å². The first kappa shape index (κ1) is 17.1. The molecule has 0 aliphatic rings. The normalized spacial score (nSPS) is 11.8. The standard InChI is InChI=1S/C17H13F2NO4S/c1-10-13-4-2-3-5-14(13)24-15(10)16(21)20-11-6-8-12(9-7-11)25(22,23)17(18)19/h2-9,17H,1H3,(H,20,21). The molecule has 1 N–H and O–H groups in total. The molecule has 130 valence electrons. The molecule has 5 nitrogen and oxygen atoms in total. The maximum Gasteiger partial charge on any atom is 0.341 e. The van der Waals surface area contributed by atoms with Crippen LogP contribution in [0.25, 0.3) is 11.0 Å². The molecule has 3 aromatic rings. The second-order valence-electron chi connectivity index (χ2n) is 5.34. The van der Waals surface area contributed by atoms with E-state index in [2.05, 4.69) is 5.32 Å². The number of carbonyl (C=O) groups excluding carboxylic acids is 1. The predicted molar refractivity (Wildman–Crippen MR) is 88.5 cm³/mol. The van der Waals surface area contributed by atoms with Crippen molar-refractivity contribution < 1.29 is 26.4 Å². The molecule has 3 rings (SSSR count). The Balaban J connectivity index is 1.84. The van der Waals surface area contributed by atoms with Crippen LogP contribution in [0.1, 0.15) is 16.1 Å². The van der Waals surface area contributed by atoms with Crippen LogP contribution < -0.4 is 5.32 Å². The third kappa shape index (κ3) is 3.12. The van der Waals surface area contributed by atoms with Crippen LogP contribution in [0.15, 0.2) is 57.8 Å². The summed E-state index contributed by atoms with van der Waals surface area (Å²) in [5, 5.41) is 3.36. The van der Waals surface area contributed by atoms with Gasteiger partial charge < -0.3 is 9.73 Å². The highest BCUT2D eigenvalue weighted by atomic mass is 32.2. The van der Waals surface area contributed by atoms with Crippen LogP contribution in [0.5, 0.6) is 0 Å². The molecule has 0 unspecified atom stereocenters. The van der Waals surface area contributed by atoms with Crippen molar-refractivity contribution in [2.45, 2.75) is 17.6 Å². The molecule has 0 radical (unpaired) electrons. The number of para-hydroxylation sites is 1. The molecule has 0 saturated heterocycles. The zero-order chi connectivity index (χ0) is 18.2. The number of anilines is 1. The van der Waals surface area contributed by atoms with Crippen molar-refractivity contribution >= 4 is 32.4 Å². The van der Waals surface area contributed by atoms with Gasteiger partial charge in [0.05, 0.1) is 4.90 Å². The third-order valence-electron chi connectivity index (χ3n) is 3.73. The van der Waals surface area contributed by atoms with E-state index in [1.807, 2.05) is 12.1 Å². The first-order valence-corrected chi connectivity index (χ1v) is 8.77. The first-order chi connectivity index (χ1) is 11.8. The lowest BCUT2D eigenvalue weighted by Crippen LogP contribution is -2.13. The lowest BCUT2D eigenvalue weighted by atomic mass is 10.1. The van der Waals surface area contributed by atoms with E-state index in [-0.39, 0.29) is 11.4 Å². The topological polar surface area (TPSA) is 76.4 Å². The van der Waals surface area contributed by atoms with E-state index in [1.165, 1.54) is 12.1 Å². The second kappa shape index (κ2) is 6.29. The van der Waals surface area contributed by atoms with Crippen molar-refractivity contribution in [3.63, 3.8) is 0 Å². The van der Waals surface area contributed by atoms with Gasteiger partial charge in [-0.25, -0.2) is 8.42 Å². The van der Waals surface area contributed by atoms with Gasteiger partial charge in [0.2, 0.25) is 9.84 Å². The number of sulfone groups is 1. The molecular formula is C17H13F2NO4S. The Kier molecular flexibility index (Phi) is 4.30. The largest absolute Gasteiger partial charge is 0.451 e. The van der Waals surface area contributed by atoms with Crippen molar-refractivity contribution in [1.29, 1.82) is 0 Å². The third-order valence-corrected chi connectivity index (χ3v) is 5.12. The van der Waals surface area contributed by atoms with Crippen LogP contribution >= 0.6 is 0 Å².